The lowest BCUT2D eigenvalue weighted by Gasteiger charge is -2.18. The number of amides is 2. The molecule has 0 unspecified atom stereocenters. The van der Waals surface area contributed by atoms with Gasteiger partial charge in [0.15, 0.2) is 6.10 Å². The third-order valence-electron chi connectivity index (χ3n) is 3.12. The van der Waals surface area contributed by atoms with Crippen molar-refractivity contribution in [3.8, 4) is 0 Å². The number of benzene rings is 1. The van der Waals surface area contributed by atoms with Gasteiger partial charge in [-0.2, -0.15) is 11.8 Å². The molecule has 0 aliphatic heterocycles. The first-order chi connectivity index (χ1) is 11.9. The van der Waals surface area contributed by atoms with Crippen LogP contribution in [0.5, 0.6) is 0 Å². The van der Waals surface area contributed by atoms with Crippen molar-refractivity contribution in [1.29, 1.82) is 0 Å². The molecule has 8 nitrogen and oxygen atoms in total. The van der Waals surface area contributed by atoms with E-state index in [1.54, 1.807) is 0 Å². The van der Waals surface area contributed by atoms with Gasteiger partial charge < -0.3 is 15.2 Å². The summed E-state index contributed by atoms with van der Waals surface area (Å²) in [5, 5.41) is 11.2. The highest BCUT2D eigenvalue weighted by Gasteiger charge is 2.23. The fraction of sp³-hybridized carbons (Fsp3) is 0.438. The molecule has 1 rings (SSSR count). The Hall–Kier alpha value is -2.26. The van der Waals surface area contributed by atoms with E-state index in [1.165, 1.54) is 18.7 Å². The van der Waals surface area contributed by atoms with Crippen LogP contribution in [0.2, 0.25) is 0 Å². The van der Waals surface area contributed by atoms with Gasteiger partial charge in [-0.3, -0.25) is 9.63 Å². The third-order valence-corrected chi connectivity index (χ3v) is 3.76. The van der Waals surface area contributed by atoms with Crippen LogP contribution in [0.25, 0.3) is 0 Å². The molecule has 1 aromatic rings. The Balaban J connectivity index is 2.51. The van der Waals surface area contributed by atoms with E-state index in [0.29, 0.717) is 12.2 Å². The molecule has 0 radical (unpaired) electrons. The van der Waals surface area contributed by atoms with Gasteiger partial charge in [0.1, 0.15) is 12.6 Å². The number of carboxylic acid groups (broad SMARTS) is 1. The second kappa shape index (κ2) is 11.3. The van der Waals surface area contributed by atoms with Crippen LogP contribution in [-0.2, 0) is 25.8 Å². The number of hydrogen-bond donors (Lipinski definition) is 3. The number of ether oxygens (including phenoxy) is 1. The van der Waals surface area contributed by atoms with Crippen LogP contribution in [0.3, 0.4) is 0 Å². The molecule has 25 heavy (non-hydrogen) atoms. The number of carbonyl (C=O) groups excluding carboxylic acids is 2. The standard InChI is InChI=1S/C16H22N2O6S/c1-11(15(20)21)24-18-14(19)13(8-9-25-2)17-16(22)23-10-12-6-4-3-5-7-12/h3-7,11,13H,8-10H2,1-2H3,(H,17,22)(H,18,19)(H,20,21)/t11-,13+/m1/s1. The van der Waals surface area contributed by atoms with E-state index >= 15 is 0 Å². The summed E-state index contributed by atoms with van der Waals surface area (Å²) in [7, 11) is 0. The van der Waals surface area contributed by atoms with Crippen molar-refractivity contribution in [1.82, 2.24) is 10.8 Å². The third kappa shape index (κ3) is 8.41. The van der Waals surface area contributed by atoms with Crippen LogP contribution >= 0.6 is 11.8 Å². The number of thioether (sulfide) groups is 1. The van der Waals surface area contributed by atoms with Crippen LogP contribution in [0.4, 0.5) is 4.79 Å². The predicted octanol–water partition coefficient (Wildman–Crippen LogP) is 1.56. The Morgan fingerprint density at radius 1 is 1.24 bits per heavy atom. The summed E-state index contributed by atoms with van der Waals surface area (Å²) in [5.41, 5.74) is 2.87. The van der Waals surface area contributed by atoms with Crippen LogP contribution in [0.15, 0.2) is 30.3 Å². The maximum atomic E-state index is 12.1. The van der Waals surface area contributed by atoms with Crippen LogP contribution in [0, 0.1) is 0 Å². The molecule has 0 aromatic heterocycles. The van der Waals surface area contributed by atoms with Crippen molar-refractivity contribution >= 4 is 29.7 Å². The van der Waals surface area contributed by atoms with E-state index in [9.17, 15) is 14.4 Å². The minimum atomic E-state index is -1.21. The maximum Gasteiger partial charge on any atom is 0.408 e. The fourth-order valence-corrected chi connectivity index (χ4v) is 2.15. The van der Waals surface area contributed by atoms with Gasteiger partial charge in [-0.25, -0.2) is 15.1 Å². The average molecular weight is 370 g/mol. The molecule has 9 heteroatoms. The second-order valence-electron chi connectivity index (χ2n) is 5.10. The van der Waals surface area contributed by atoms with Crippen molar-refractivity contribution < 1.29 is 29.1 Å². The number of carbonyl (C=O) groups is 3. The minimum Gasteiger partial charge on any atom is -0.479 e. The van der Waals surface area contributed by atoms with Crippen molar-refractivity contribution in [2.24, 2.45) is 0 Å². The Kier molecular flexibility index (Phi) is 9.41. The highest BCUT2D eigenvalue weighted by Crippen LogP contribution is 2.04. The van der Waals surface area contributed by atoms with Gasteiger partial charge in [0.25, 0.3) is 5.91 Å². The average Bonchev–Trinajstić information content (AvgIpc) is 2.61. The maximum absolute atomic E-state index is 12.1. The van der Waals surface area contributed by atoms with Crippen molar-refractivity contribution in [2.45, 2.75) is 32.1 Å². The van der Waals surface area contributed by atoms with Crippen LogP contribution in [0.1, 0.15) is 18.9 Å². The number of carboxylic acids is 1. The van der Waals surface area contributed by atoms with Crippen molar-refractivity contribution in [2.75, 3.05) is 12.0 Å². The van der Waals surface area contributed by atoms with E-state index in [-0.39, 0.29) is 6.61 Å². The van der Waals surface area contributed by atoms with Gasteiger partial charge in [0.05, 0.1) is 0 Å². The van der Waals surface area contributed by atoms with Crippen molar-refractivity contribution in [3.05, 3.63) is 35.9 Å². The van der Waals surface area contributed by atoms with Gasteiger partial charge in [0.2, 0.25) is 0 Å². The Labute approximate surface area is 150 Å². The van der Waals surface area contributed by atoms with E-state index in [2.05, 4.69) is 10.8 Å². The molecule has 2 atom stereocenters. The summed E-state index contributed by atoms with van der Waals surface area (Å²) in [5.74, 6) is -1.24. The molecule has 0 aliphatic carbocycles. The summed E-state index contributed by atoms with van der Waals surface area (Å²) >= 11 is 1.51. The van der Waals surface area contributed by atoms with Crippen molar-refractivity contribution in [3.63, 3.8) is 0 Å². The Bertz CT molecular complexity index is 569. The zero-order chi connectivity index (χ0) is 18.7. The Morgan fingerprint density at radius 2 is 1.92 bits per heavy atom. The number of rotatable bonds is 10. The van der Waals surface area contributed by atoms with Gasteiger partial charge in [-0.05, 0) is 30.9 Å². The molecule has 0 aliphatic rings. The molecular weight excluding hydrogens is 348 g/mol. The van der Waals surface area contributed by atoms with Gasteiger partial charge in [-0.1, -0.05) is 30.3 Å². The van der Waals surface area contributed by atoms with Crippen LogP contribution < -0.4 is 10.8 Å². The quantitative estimate of drug-likeness (QED) is 0.536. The Morgan fingerprint density at radius 3 is 2.52 bits per heavy atom. The lowest BCUT2D eigenvalue weighted by molar-refractivity contribution is -0.159. The lowest BCUT2D eigenvalue weighted by atomic mass is 10.2. The normalized spacial score (nSPS) is 12.7. The second-order valence-corrected chi connectivity index (χ2v) is 6.09. The highest BCUT2D eigenvalue weighted by atomic mass is 32.2. The molecule has 0 saturated heterocycles. The fourth-order valence-electron chi connectivity index (χ4n) is 1.68. The molecule has 0 bridgehead atoms. The molecule has 1 aromatic carbocycles. The number of aliphatic carboxylic acids is 1. The van der Waals surface area contributed by atoms with Gasteiger partial charge >= 0.3 is 12.1 Å². The molecule has 0 spiro atoms. The minimum absolute atomic E-state index is 0.0795. The summed E-state index contributed by atoms with van der Waals surface area (Å²) in [4.78, 5) is 39.4. The predicted molar refractivity (Wildman–Crippen MR) is 92.9 cm³/mol. The number of hydroxylamine groups is 1. The zero-order valence-corrected chi connectivity index (χ0v) is 14.9. The lowest BCUT2D eigenvalue weighted by Crippen LogP contribution is -2.48. The zero-order valence-electron chi connectivity index (χ0n) is 14.1. The molecule has 0 saturated carbocycles. The summed E-state index contributed by atoms with van der Waals surface area (Å²) in [6, 6.07) is 8.23. The van der Waals surface area contributed by atoms with E-state index in [0.717, 1.165) is 5.56 Å². The molecule has 0 fully saturated rings. The smallest absolute Gasteiger partial charge is 0.408 e. The van der Waals surface area contributed by atoms with E-state index < -0.39 is 30.1 Å². The molecule has 138 valence electrons. The van der Waals surface area contributed by atoms with E-state index in [1.807, 2.05) is 36.6 Å². The summed E-state index contributed by atoms with van der Waals surface area (Å²) in [6.07, 6.45) is 0.274. The molecule has 2 amide bonds. The van der Waals surface area contributed by atoms with Gasteiger partial charge in [0, 0.05) is 0 Å². The summed E-state index contributed by atoms with van der Waals surface area (Å²) in [6.45, 7) is 1.36. The monoisotopic (exact) mass is 370 g/mol. The SMILES string of the molecule is CSCC[C@H](NC(=O)OCc1ccccc1)C(=O)NO[C@H](C)C(=O)O. The topological polar surface area (TPSA) is 114 Å². The number of nitrogens with one attached hydrogen (secondary N) is 2. The van der Waals surface area contributed by atoms with Crippen LogP contribution in [-0.4, -0.2) is 47.2 Å². The van der Waals surface area contributed by atoms with Gasteiger partial charge in [-0.15, -0.1) is 0 Å². The first kappa shape index (κ1) is 20.8. The van der Waals surface area contributed by atoms with E-state index in [4.69, 9.17) is 14.7 Å². The number of hydrogen-bond acceptors (Lipinski definition) is 6. The highest BCUT2D eigenvalue weighted by molar-refractivity contribution is 7.98. The molecule has 3 N–H and O–H groups in total. The first-order valence-electron chi connectivity index (χ1n) is 7.58. The molecular formula is C16H22N2O6S. The summed E-state index contributed by atoms with van der Waals surface area (Å²) < 4.78 is 5.08. The largest absolute Gasteiger partial charge is 0.479 e. The number of alkyl carbamates (subject to hydrolysis) is 1. The first-order valence-corrected chi connectivity index (χ1v) is 8.98. The molecule has 0 heterocycles.